The van der Waals surface area contributed by atoms with Crippen molar-refractivity contribution in [2.45, 2.75) is 17.4 Å². The molecule has 2 aromatic rings. The molecule has 0 aliphatic carbocycles. The van der Waals surface area contributed by atoms with E-state index in [9.17, 15) is 4.39 Å². The molecule has 2 aromatic carbocycles. The van der Waals surface area contributed by atoms with E-state index in [0.717, 1.165) is 17.7 Å². The van der Waals surface area contributed by atoms with Crippen LogP contribution in [0, 0.1) is 5.82 Å². The van der Waals surface area contributed by atoms with Crippen LogP contribution in [0.15, 0.2) is 53.4 Å². The molecule has 3 nitrogen and oxygen atoms in total. The summed E-state index contributed by atoms with van der Waals surface area (Å²) in [5.74, 6) is 6.92. The average Bonchev–Trinajstić information content (AvgIpc) is 2.53. The van der Waals surface area contributed by atoms with Gasteiger partial charge in [-0.25, -0.2) is 4.39 Å². The molecule has 0 aliphatic rings. The van der Waals surface area contributed by atoms with Crippen LogP contribution in [-0.2, 0) is 6.42 Å². The van der Waals surface area contributed by atoms with Crippen LogP contribution in [0.25, 0.3) is 0 Å². The third-order valence-electron chi connectivity index (χ3n) is 3.13. The Kier molecular flexibility index (Phi) is 6.04. The van der Waals surface area contributed by atoms with Gasteiger partial charge < -0.3 is 4.74 Å². The van der Waals surface area contributed by atoms with Crippen LogP contribution >= 0.6 is 11.8 Å². The lowest BCUT2D eigenvalue weighted by Gasteiger charge is -2.16. The van der Waals surface area contributed by atoms with Crippen molar-refractivity contribution < 1.29 is 9.13 Å². The largest absolute Gasteiger partial charge is 0.497 e. The Morgan fingerprint density at radius 2 is 2.05 bits per heavy atom. The Hall–Kier alpha value is -1.56. The van der Waals surface area contributed by atoms with Crippen molar-refractivity contribution >= 4 is 11.8 Å². The molecule has 0 bridgehead atoms. The molecule has 3 N–H and O–H groups in total. The number of hydrazine groups is 1. The normalized spacial score (nSPS) is 12.1. The molecule has 0 heterocycles. The second-order valence-electron chi connectivity index (χ2n) is 4.66. The van der Waals surface area contributed by atoms with E-state index in [1.54, 1.807) is 19.2 Å². The van der Waals surface area contributed by atoms with Crippen molar-refractivity contribution in [2.24, 2.45) is 5.84 Å². The number of hydrogen-bond acceptors (Lipinski definition) is 4. The highest BCUT2D eigenvalue weighted by Gasteiger charge is 2.11. The number of halogens is 1. The van der Waals surface area contributed by atoms with Gasteiger partial charge in [-0.05, 0) is 36.2 Å². The van der Waals surface area contributed by atoms with E-state index in [2.05, 4.69) is 5.43 Å². The molecular formula is C16H19FN2OS. The molecule has 0 saturated heterocycles. The molecule has 0 aromatic heterocycles. The fraction of sp³-hybridized carbons (Fsp3) is 0.250. The maximum Gasteiger partial charge on any atom is 0.136 e. The number of nitrogens with two attached hydrogens (primary N) is 1. The molecule has 1 unspecified atom stereocenters. The van der Waals surface area contributed by atoms with Crippen LogP contribution in [0.4, 0.5) is 4.39 Å². The Balaban J connectivity index is 1.95. The number of rotatable bonds is 7. The summed E-state index contributed by atoms with van der Waals surface area (Å²) in [7, 11) is 1.64. The highest BCUT2D eigenvalue weighted by molar-refractivity contribution is 7.99. The predicted molar refractivity (Wildman–Crippen MR) is 84.9 cm³/mol. The van der Waals surface area contributed by atoms with Gasteiger partial charge in [-0.15, -0.1) is 11.8 Å². The van der Waals surface area contributed by atoms with Gasteiger partial charge in [0.25, 0.3) is 0 Å². The fourth-order valence-electron chi connectivity index (χ4n) is 2.00. The summed E-state index contributed by atoms with van der Waals surface area (Å²) in [5.41, 5.74) is 3.92. The highest BCUT2D eigenvalue weighted by atomic mass is 32.2. The molecule has 21 heavy (non-hydrogen) atoms. The number of methoxy groups -OCH3 is 1. The minimum Gasteiger partial charge on any atom is -0.497 e. The summed E-state index contributed by atoms with van der Waals surface area (Å²) < 4.78 is 18.8. The van der Waals surface area contributed by atoms with Crippen molar-refractivity contribution in [3.05, 3.63) is 59.9 Å². The SMILES string of the molecule is COc1cccc(CC(CSc2ccccc2F)NN)c1. The minimum absolute atomic E-state index is 0.0571. The molecule has 0 amide bonds. The van der Waals surface area contributed by atoms with Crippen molar-refractivity contribution in [3.63, 3.8) is 0 Å². The van der Waals surface area contributed by atoms with Crippen LogP contribution < -0.4 is 16.0 Å². The van der Waals surface area contributed by atoms with Gasteiger partial charge in [0.05, 0.1) is 7.11 Å². The summed E-state index contributed by atoms with van der Waals surface area (Å²) in [6.45, 7) is 0. The average molecular weight is 306 g/mol. The van der Waals surface area contributed by atoms with Crippen molar-refractivity contribution in [1.82, 2.24) is 5.43 Å². The molecule has 5 heteroatoms. The fourth-order valence-corrected chi connectivity index (χ4v) is 2.98. The van der Waals surface area contributed by atoms with E-state index in [-0.39, 0.29) is 11.9 Å². The number of benzene rings is 2. The van der Waals surface area contributed by atoms with Crippen molar-refractivity contribution in [1.29, 1.82) is 0 Å². The summed E-state index contributed by atoms with van der Waals surface area (Å²) in [4.78, 5) is 0.642. The molecular weight excluding hydrogens is 287 g/mol. The Morgan fingerprint density at radius 1 is 1.24 bits per heavy atom. The van der Waals surface area contributed by atoms with Gasteiger partial charge >= 0.3 is 0 Å². The molecule has 2 rings (SSSR count). The summed E-state index contributed by atoms with van der Waals surface area (Å²) in [6.07, 6.45) is 0.759. The third kappa shape index (κ3) is 4.74. The van der Waals surface area contributed by atoms with Gasteiger partial charge in [-0.2, -0.15) is 0 Å². The molecule has 0 aliphatic heterocycles. The molecule has 0 radical (unpaired) electrons. The predicted octanol–water partition coefficient (Wildman–Crippen LogP) is 3.00. The molecule has 0 saturated carbocycles. The highest BCUT2D eigenvalue weighted by Crippen LogP contribution is 2.23. The summed E-state index contributed by atoms with van der Waals surface area (Å²) in [6, 6.07) is 14.7. The standard InChI is InChI=1S/C16H19FN2OS/c1-20-14-6-4-5-12(10-14)9-13(19-18)11-21-16-8-3-2-7-15(16)17/h2-8,10,13,19H,9,11,18H2,1H3. The van der Waals surface area contributed by atoms with Gasteiger partial charge in [-0.1, -0.05) is 24.3 Å². The second-order valence-corrected chi connectivity index (χ2v) is 5.72. The number of hydrogen-bond donors (Lipinski definition) is 2. The van der Waals surface area contributed by atoms with Gasteiger partial charge in [0.1, 0.15) is 11.6 Å². The van der Waals surface area contributed by atoms with Crippen LogP contribution in [0.3, 0.4) is 0 Å². The van der Waals surface area contributed by atoms with Gasteiger partial charge in [0.15, 0.2) is 0 Å². The third-order valence-corrected chi connectivity index (χ3v) is 4.34. The minimum atomic E-state index is -0.195. The Labute approximate surface area is 128 Å². The lowest BCUT2D eigenvalue weighted by Crippen LogP contribution is -2.38. The number of thioether (sulfide) groups is 1. The topological polar surface area (TPSA) is 47.3 Å². The Bertz CT molecular complexity index is 580. The zero-order chi connectivity index (χ0) is 15.1. The van der Waals surface area contributed by atoms with Gasteiger partial charge in [0.2, 0.25) is 0 Å². The van der Waals surface area contributed by atoms with E-state index in [4.69, 9.17) is 10.6 Å². The van der Waals surface area contributed by atoms with Gasteiger partial charge in [0, 0.05) is 16.7 Å². The van der Waals surface area contributed by atoms with Gasteiger partial charge in [-0.3, -0.25) is 11.3 Å². The zero-order valence-corrected chi connectivity index (χ0v) is 12.7. The molecule has 1 atom stereocenters. The first-order valence-corrected chi connectivity index (χ1v) is 7.68. The summed E-state index contributed by atoms with van der Waals surface area (Å²) in [5, 5.41) is 0. The van der Waals surface area contributed by atoms with Crippen LogP contribution in [0.1, 0.15) is 5.56 Å². The maximum atomic E-state index is 13.6. The quantitative estimate of drug-likeness (QED) is 0.469. The van der Waals surface area contributed by atoms with E-state index >= 15 is 0 Å². The summed E-state index contributed by atoms with van der Waals surface area (Å²) >= 11 is 1.46. The Morgan fingerprint density at radius 3 is 2.76 bits per heavy atom. The molecule has 112 valence electrons. The lowest BCUT2D eigenvalue weighted by atomic mass is 10.1. The van der Waals surface area contributed by atoms with E-state index in [1.807, 2.05) is 30.3 Å². The van der Waals surface area contributed by atoms with Crippen LogP contribution in [0.5, 0.6) is 5.75 Å². The van der Waals surface area contributed by atoms with Crippen molar-refractivity contribution in [2.75, 3.05) is 12.9 Å². The number of nitrogens with one attached hydrogen (secondary N) is 1. The van der Waals surface area contributed by atoms with Crippen LogP contribution in [-0.4, -0.2) is 18.9 Å². The monoisotopic (exact) mass is 306 g/mol. The molecule has 0 spiro atoms. The number of ether oxygens (including phenoxy) is 1. The second kappa shape index (κ2) is 8.02. The maximum absolute atomic E-state index is 13.6. The lowest BCUT2D eigenvalue weighted by molar-refractivity contribution is 0.414. The molecule has 0 fully saturated rings. The van der Waals surface area contributed by atoms with Crippen LogP contribution in [0.2, 0.25) is 0 Å². The smallest absolute Gasteiger partial charge is 0.136 e. The first kappa shape index (κ1) is 15.8. The first-order valence-electron chi connectivity index (χ1n) is 6.69. The van der Waals surface area contributed by atoms with E-state index < -0.39 is 0 Å². The van der Waals surface area contributed by atoms with Crippen molar-refractivity contribution in [3.8, 4) is 5.75 Å². The first-order chi connectivity index (χ1) is 10.2. The van der Waals surface area contributed by atoms with E-state index in [1.165, 1.54) is 17.8 Å². The zero-order valence-electron chi connectivity index (χ0n) is 11.9. The van der Waals surface area contributed by atoms with E-state index in [0.29, 0.717) is 10.6 Å².